The van der Waals surface area contributed by atoms with Crippen LogP contribution in [-0.4, -0.2) is 33.1 Å². The number of phenolic OH excluding ortho intramolecular Hbond substituents is 1. The van der Waals surface area contributed by atoms with Gasteiger partial charge in [-0.2, -0.15) is 0 Å². The van der Waals surface area contributed by atoms with Gasteiger partial charge in [-0.05, 0) is 46.8 Å². The van der Waals surface area contributed by atoms with Crippen LogP contribution in [0, 0.1) is 0 Å². The average Bonchev–Trinajstić information content (AvgIpc) is 3.17. The molecule has 2 aromatic heterocycles. The quantitative estimate of drug-likeness (QED) is 0.561. The monoisotopic (exact) mass is 389 g/mol. The molecule has 140 valence electrons. The lowest BCUT2D eigenvalue weighted by Crippen LogP contribution is -2.25. The summed E-state index contributed by atoms with van der Waals surface area (Å²) >= 11 is 1.67. The van der Waals surface area contributed by atoms with Gasteiger partial charge in [0.2, 0.25) is 0 Å². The van der Waals surface area contributed by atoms with Crippen LogP contribution in [0.4, 0.5) is 0 Å². The molecule has 1 aliphatic heterocycles. The summed E-state index contributed by atoms with van der Waals surface area (Å²) in [5.41, 5.74) is 5.04. The third-order valence-electron chi connectivity index (χ3n) is 4.94. The van der Waals surface area contributed by atoms with Crippen molar-refractivity contribution in [1.29, 1.82) is 0 Å². The zero-order valence-electron chi connectivity index (χ0n) is 15.2. The van der Waals surface area contributed by atoms with E-state index in [1.54, 1.807) is 29.8 Å². The first-order valence-corrected chi connectivity index (χ1v) is 10.1. The van der Waals surface area contributed by atoms with E-state index >= 15 is 0 Å². The molecule has 3 heterocycles. The molecule has 4 aromatic rings. The van der Waals surface area contributed by atoms with Crippen molar-refractivity contribution < 1.29 is 9.84 Å². The number of hydrogen-bond donors (Lipinski definition) is 1. The second-order valence-corrected chi connectivity index (χ2v) is 7.85. The second-order valence-electron chi connectivity index (χ2n) is 6.90. The van der Waals surface area contributed by atoms with E-state index in [0.29, 0.717) is 12.4 Å². The lowest BCUT2D eigenvalue weighted by atomic mass is 10.1. The van der Waals surface area contributed by atoms with Gasteiger partial charge in [0.05, 0.1) is 11.0 Å². The molecular formula is C22H19N3O2S. The van der Waals surface area contributed by atoms with Gasteiger partial charge in [-0.1, -0.05) is 12.1 Å². The maximum atomic E-state index is 10.5. The molecule has 5 rings (SSSR count). The van der Waals surface area contributed by atoms with Crippen molar-refractivity contribution in [1.82, 2.24) is 14.9 Å². The number of aromatic hydroxyl groups is 1. The van der Waals surface area contributed by atoms with Crippen molar-refractivity contribution in [3.8, 4) is 21.9 Å². The van der Waals surface area contributed by atoms with Gasteiger partial charge in [0, 0.05) is 42.5 Å². The summed E-state index contributed by atoms with van der Waals surface area (Å²) < 4.78 is 5.88. The van der Waals surface area contributed by atoms with Crippen LogP contribution >= 0.6 is 11.3 Å². The van der Waals surface area contributed by atoms with Crippen molar-refractivity contribution in [3.05, 3.63) is 71.4 Å². The van der Waals surface area contributed by atoms with Crippen molar-refractivity contribution in [2.75, 3.05) is 13.2 Å². The van der Waals surface area contributed by atoms with Crippen molar-refractivity contribution >= 4 is 22.4 Å². The first-order chi connectivity index (χ1) is 13.8. The van der Waals surface area contributed by atoms with Crippen LogP contribution in [0.1, 0.15) is 11.1 Å². The first kappa shape index (κ1) is 17.2. The smallest absolute Gasteiger partial charge is 0.165 e. The second kappa shape index (κ2) is 7.22. The Balaban J connectivity index is 1.43. The summed E-state index contributed by atoms with van der Waals surface area (Å²) in [5, 5.41) is 12.5. The highest BCUT2D eigenvalue weighted by Gasteiger charge is 2.20. The van der Waals surface area contributed by atoms with Crippen LogP contribution in [-0.2, 0) is 13.1 Å². The van der Waals surface area contributed by atoms with Gasteiger partial charge < -0.3 is 9.84 Å². The lowest BCUT2D eigenvalue weighted by Gasteiger charge is -2.19. The Bertz CT molecular complexity index is 1130. The zero-order chi connectivity index (χ0) is 18.9. The maximum absolute atomic E-state index is 10.5. The van der Waals surface area contributed by atoms with E-state index in [4.69, 9.17) is 4.74 Å². The van der Waals surface area contributed by atoms with Crippen molar-refractivity contribution in [3.63, 3.8) is 0 Å². The van der Waals surface area contributed by atoms with E-state index in [-0.39, 0.29) is 5.75 Å². The minimum absolute atomic E-state index is 0.212. The minimum Gasteiger partial charge on any atom is -0.504 e. The molecule has 0 bridgehead atoms. The largest absolute Gasteiger partial charge is 0.504 e. The number of phenols is 1. The highest BCUT2D eigenvalue weighted by molar-refractivity contribution is 7.13. The predicted molar refractivity (Wildman–Crippen MR) is 111 cm³/mol. The van der Waals surface area contributed by atoms with E-state index in [0.717, 1.165) is 46.7 Å². The van der Waals surface area contributed by atoms with E-state index in [2.05, 4.69) is 39.1 Å². The van der Waals surface area contributed by atoms with E-state index in [1.165, 1.54) is 5.56 Å². The van der Waals surface area contributed by atoms with E-state index < -0.39 is 0 Å². The third-order valence-corrected chi connectivity index (χ3v) is 5.86. The number of aromatic nitrogens is 2. The molecule has 0 saturated heterocycles. The Labute approximate surface area is 166 Å². The summed E-state index contributed by atoms with van der Waals surface area (Å²) in [7, 11) is 0. The molecule has 5 nitrogen and oxygen atoms in total. The number of thiophene rings is 1. The summed E-state index contributed by atoms with van der Waals surface area (Å²) in [5.74, 6) is 0.816. The number of nitrogens with zero attached hydrogens (tertiary/aromatic N) is 3. The highest BCUT2D eigenvalue weighted by atomic mass is 32.1. The van der Waals surface area contributed by atoms with Gasteiger partial charge in [0.1, 0.15) is 6.61 Å². The molecule has 6 heteroatoms. The molecule has 0 saturated carbocycles. The molecule has 0 amide bonds. The van der Waals surface area contributed by atoms with Gasteiger partial charge in [-0.3, -0.25) is 14.9 Å². The summed E-state index contributed by atoms with van der Waals surface area (Å²) in [6, 6.07) is 14.2. The van der Waals surface area contributed by atoms with Gasteiger partial charge in [0.25, 0.3) is 0 Å². The normalized spacial score (nSPS) is 14.4. The molecule has 0 radical (unpaired) electrons. The Morgan fingerprint density at radius 2 is 1.96 bits per heavy atom. The van der Waals surface area contributed by atoms with Crippen LogP contribution < -0.4 is 4.74 Å². The number of fused-ring (bicyclic) bond motifs is 2. The van der Waals surface area contributed by atoms with Crippen LogP contribution in [0.2, 0.25) is 0 Å². The fraction of sp³-hybridized carbons (Fsp3) is 0.182. The minimum atomic E-state index is 0.212. The molecule has 0 spiro atoms. The molecule has 0 unspecified atom stereocenters. The molecule has 0 aliphatic carbocycles. The van der Waals surface area contributed by atoms with Gasteiger partial charge in [-0.25, -0.2) is 0 Å². The maximum Gasteiger partial charge on any atom is 0.165 e. The number of hydrogen-bond acceptors (Lipinski definition) is 6. The average molecular weight is 389 g/mol. The lowest BCUT2D eigenvalue weighted by molar-refractivity contribution is 0.217. The van der Waals surface area contributed by atoms with Gasteiger partial charge in [-0.15, -0.1) is 11.3 Å². The molecule has 0 atom stereocenters. The Morgan fingerprint density at radius 1 is 1.07 bits per heavy atom. The number of rotatable bonds is 3. The van der Waals surface area contributed by atoms with Crippen LogP contribution in [0.3, 0.4) is 0 Å². The molecule has 28 heavy (non-hydrogen) atoms. The Kier molecular flexibility index (Phi) is 4.43. The molecule has 2 aromatic carbocycles. The summed E-state index contributed by atoms with van der Waals surface area (Å²) in [6.45, 7) is 2.85. The van der Waals surface area contributed by atoms with Crippen molar-refractivity contribution in [2.45, 2.75) is 13.1 Å². The number of benzene rings is 2. The van der Waals surface area contributed by atoms with Gasteiger partial charge >= 0.3 is 0 Å². The first-order valence-electron chi connectivity index (χ1n) is 9.21. The van der Waals surface area contributed by atoms with Crippen molar-refractivity contribution in [2.24, 2.45) is 0 Å². The standard InChI is InChI=1S/C22H19N3O2S/c26-20-12-16(21-2-1-9-28-21)11-17-14-25(7-8-27-22(17)20)13-15-3-4-18-19(10-15)24-6-5-23-18/h1-6,9-12,26H,7-8,13-14H2. The van der Waals surface area contributed by atoms with Crippen LogP contribution in [0.25, 0.3) is 21.5 Å². The summed E-state index contributed by atoms with van der Waals surface area (Å²) in [4.78, 5) is 12.2. The summed E-state index contributed by atoms with van der Waals surface area (Å²) in [6.07, 6.45) is 3.43. The fourth-order valence-corrected chi connectivity index (χ4v) is 4.35. The number of ether oxygens (including phenoxy) is 1. The SMILES string of the molecule is Oc1cc(-c2cccs2)cc2c1OCCN(Cc1ccc3nccnc3c1)C2. The highest BCUT2D eigenvalue weighted by Crippen LogP contribution is 2.38. The topological polar surface area (TPSA) is 58.5 Å². The van der Waals surface area contributed by atoms with Crippen LogP contribution in [0.5, 0.6) is 11.5 Å². The predicted octanol–water partition coefficient (Wildman–Crippen LogP) is 4.46. The van der Waals surface area contributed by atoms with Gasteiger partial charge in [0.15, 0.2) is 11.5 Å². The molecule has 0 fully saturated rings. The van der Waals surface area contributed by atoms with E-state index in [9.17, 15) is 5.11 Å². The molecular weight excluding hydrogens is 370 g/mol. The molecule has 1 N–H and O–H groups in total. The Hall–Kier alpha value is -2.96. The van der Waals surface area contributed by atoms with E-state index in [1.807, 2.05) is 17.5 Å². The third kappa shape index (κ3) is 3.32. The van der Waals surface area contributed by atoms with Crippen LogP contribution in [0.15, 0.2) is 60.2 Å². The Morgan fingerprint density at radius 3 is 2.82 bits per heavy atom. The zero-order valence-corrected chi connectivity index (χ0v) is 16.0. The fourth-order valence-electron chi connectivity index (χ4n) is 3.64. The molecule has 1 aliphatic rings.